The zero-order chi connectivity index (χ0) is 9.19. The zero-order valence-electron chi connectivity index (χ0n) is 7.76. The number of carbonyl (C=O) groups excluding carboxylic acids is 1. The fraction of sp³-hybridized carbons (Fsp3) is 0.875. The lowest BCUT2D eigenvalue weighted by molar-refractivity contribution is 0.189. The van der Waals surface area contributed by atoms with Crippen molar-refractivity contribution in [1.82, 2.24) is 10.2 Å². The van der Waals surface area contributed by atoms with E-state index in [0.717, 1.165) is 26.2 Å². The molecule has 12 heavy (non-hydrogen) atoms. The van der Waals surface area contributed by atoms with Crippen LogP contribution in [0, 0.1) is 5.41 Å². The van der Waals surface area contributed by atoms with Crippen molar-refractivity contribution >= 4 is 6.03 Å². The fourth-order valence-electron chi connectivity index (χ4n) is 1.48. The molecule has 0 saturated carbocycles. The van der Waals surface area contributed by atoms with Crippen molar-refractivity contribution in [2.75, 3.05) is 26.2 Å². The van der Waals surface area contributed by atoms with E-state index in [9.17, 15) is 4.79 Å². The molecule has 0 radical (unpaired) electrons. The molecule has 0 unspecified atom stereocenters. The smallest absolute Gasteiger partial charge is 0.314 e. The number of nitrogens with one attached hydrogen (secondary N) is 1. The highest BCUT2D eigenvalue weighted by Gasteiger charge is 2.25. The molecule has 0 aliphatic carbocycles. The van der Waals surface area contributed by atoms with Crippen LogP contribution in [0.2, 0.25) is 0 Å². The van der Waals surface area contributed by atoms with Gasteiger partial charge in [-0.15, -0.1) is 0 Å². The monoisotopic (exact) mass is 171 g/mol. The quantitative estimate of drug-likeness (QED) is 0.539. The molecule has 3 N–H and O–H groups in total. The number of nitrogens with zero attached hydrogens (tertiary/aromatic N) is 1. The Morgan fingerprint density at radius 1 is 1.58 bits per heavy atom. The molecule has 0 aromatic carbocycles. The molecule has 1 saturated heterocycles. The molecular weight excluding hydrogens is 154 g/mol. The van der Waals surface area contributed by atoms with Crippen LogP contribution in [0.15, 0.2) is 0 Å². The largest absolute Gasteiger partial charge is 0.351 e. The minimum Gasteiger partial charge on any atom is -0.351 e. The number of urea groups is 1. The van der Waals surface area contributed by atoms with Gasteiger partial charge >= 0.3 is 6.03 Å². The Kier molecular flexibility index (Phi) is 2.57. The Labute approximate surface area is 73.1 Å². The van der Waals surface area contributed by atoms with Gasteiger partial charge in [0.2, 0.25) is 0 Å². The van der Waals surface area contributed by atoms with Crippen molar-refractivity contribution in [1.29, 1.82) is 0 Å². The topological polar surface area (TPSA) is 58.4 Å². The van der Waals surface area contributed by atoms with E-state index in [2.05, 4.69) is 19.2 Å². The maximum Gasteiger partial charge on any atom is 0.314 e. The molecule has 1 heterocycles. The summed E-state index contributed by atoms with van der Waals surface area (Å²) < 4.78 is 0. The molecule has 0 spiro atoms. The maximum atomic E-state index is 10.9. The van der Waals surface area contributed by atoms with E-state index in [1.807, 2.05) is 0 Å². The highest BCUT2D eigenvalue weighted by molar-refractivity contribution is 5.72. The molecule has 1 aliphatic heterocycles. The minimum absolute atomic E-state index is 0.130. The molecule has 1 rings (SSSR count). The van der Waals surface area contributed by atoms with Crippen molar-refractivity contribution in [3.8, 4) is 0 Å². The fourth-order valence-corrected chi connectivity index (χ4v) is 1.48. The standard InChI is InChI=1S/C8H17N3O/c1-8(2)5-10-3-4-11(6-8)7(9)12/h10H,3-6H2,1-2H3,(H2,9,12). The summed E-state index contributed by atoms with van der Waals surface area (Å²) in [5, 5.41) is 3.27. The first-order valence-electron chi connectivity index (χ1n) is 4.26. The summed E-state index contributed by atoms with van der Waals surface area (Å²) in [7, 11) is 0. The molecule has 0 atom stereocenters. The number of amides is 2. The van der Waals surface area contributed by atoms with Crippen molar-refractivity contribution in [2.45, 2.75) is 13.8 Å². The Morgan fingerprint density at radius 3 is 2.83 bits per heavy atom. The van der Waals surface area contributed by atoms with Crippen LogP contribution >= 0.6 is 0 Å². The predicted molar refractivity (Wildman–Crippen MR) is 47.8 cm³/mol. The average molecular weight is 171 g/mol. The summed E-state index contributed by atoms with van der Waals surface area (Å²) in [5.41, 5.74) is 5.35. The number of rotatable bonds is 0. The van der Waals surface area contributed by atoms with Gasteiger partial charge in [0.15, 0.2) is 0 Å². The molecule has 70 valence electrons. The third kappa shape index (κ3) is 2.37. The average Bonchev–Trinajstić information content (AvgIpc) is 2.10. The normalized spacial score (nSPS) is 23.3. The van der Waals surface area contributed by atoms with Crippen molar-refractivity contribution < 1.29 is 4.79 Å². The van der Waals surface area contributed by atoms with Gasteiger partial charge in [-0.3, -0.25) is 0 Å². The summed E-state index contributed by atoms with van der Waals surface area (Å²) in [4.78, 5) is 12.6. The molecule has 0 aromatic heterocycles. The molecule has 4 heteroatoms. The van der Waals surface area contributed by atoms with E-state index in [0.29, 0.717) is 0 Å². The van der Waals surface area contributed by atoms with E-state index in [-0.39, 0.29) is 11.4 Å². The van der Waals surface area contributed by atoms with Crippen LogP contribution < -0.4 is 11.1 Å². The zero-order valence-corrected chi connectivity index (χ0v) is 7.76. The Balaban J connectivity index is 2.60. The van der Waals surface area contributed by atoms with Gasteiger partial charge in [0, 0.05) is 26.2 Å². The maximum absolute atomic E-state index is 10.9. The Bertz CT molecular complexity index is 179. The Morgan fingerprint density at radius 2 is 2.25 bits per heavy atom. The lowest BCUT2D eigenvalue weighted by atomic mass is 9.93. The van der Waals surface area contributed by atoms with E-state index < -0.39 is 0 Å². The van der Waals surface area contributed by atoms with Gasteiger partial charge in [-0.25, -0.2) is 4.79 Å². The van der Waals surface area contributed by atoms with Gasteiger partial charge in [-0.05, 0) is 5.41 Å². The first kappa shape index (κ1) is 9.32. The summed E-state index contributed by atoms with van der Waals surface area (Å²) in [6.45, 7) is 7.50. The van der Waals surface area contributed by atoms with E-state index >= 15 is 0 Å². The van der Waals surface area contributed by atoms with Crippen LogP contribution in [0.3, 0.4) is 0 Å². The summed E-state index contributed by atoms with van der Waals surface area (Å²) in [6.07, 6.45) is 0. The summed E-state index contributed by atoms with van der Waals surface area (Å²) in [5.74, 6) is 0. The molecular formula is C8H17N3O. The Hall–Kier alpha value is -0.770. The second-order valence-electron chi connectivity index (χ2n) is 4.10. The molecule has 4 nitrogen and oxygen atoms in total. The SMILES string of the molecule is CC1(C)CNCCN(C(N)=O)C1. The second-order valence-corrected chi connectivity index (χ2v) is 4.10. The lowest BCUT2D eigenvalue weighted by Gasteiger charge is -2.27. The number of hydrogen-bond acceptors (Lipinski definition) is 2. The summed E-state index contributed by atoms with van der Waals surface area (Å²) in [6, 6.07) is -0.313. The van der Waals surface area contributed by atoms with Gasteiger partial charge in [0.25, 0.3) is 0 Å². The van der Waals surface area contributed by atoms with Gasteiger partial charge in [0.1, 0.15) is 0 Å². The van der Waals surface area contributed by atoms with Crippen molar-refractivity contribution in [3.05, 3.63) is 0 Å². The third-order valence-electron chi connectivity index (χ3n) is 2.09. The van der Waals surface area contributed by atoms with Crippen molar-refractivity contribution in [2.24, 2.45) is 11.1 Å². The van der Waals surface area contributed by atoms with Crippen LogP contribution in [0.5, 0.6) is 0 Å². The van der Waals surface area contributed by atoms with Crippen molar-refractivity contribution in [3.63, 3.8) is 0 Å². The van der Waals surface area contributed by atoms with Gasteiger partial charge in [-0.1, -0.05) is 13.8 Å². The number of primary amides is 1. The first-order valence-corrected chi connectivity index (χ1v) is 4.26. The highest BCUT2D eigenvalue weighted by Crippen LogP contribution is 2.17. The predicted octanol–water partition coefficient (Wildman–Crippen LogP) is -0.00350. The number of nitrogens with two attached hydrogens (primary N) is 1. The first-order chi connectivity index (χ1) is 5.51. The molecule has 2 amide bonds. The third-order valence-corrected chi connectivity index (χ3v) is 2.09. The van der Waals surface area contributed by atoms with Gasteiger partial charge in [0.05, 0.1) is 0 Å². The number of carbonyl (C=O) groups is 1. The molecule has 1 fully saturated rings. The minimum atomic E-state index is -0.313. The molecule has 0 aromatic rings. The summed E-state index contributed by atoms with van der Waals surface area (Å²) >= 11 is 0. The second kappa shape index (κ2) is 3.31. The lowest BCUT2D eigenvalue weighted by Crippen LogP contribution is -2.42. The van der Waals surface area contributed by atoms with Crippen LogP contribution in [-0.2, 0) is 0 Å². The van der Waals surface area contributed by atoms with Gasteiger partial charge in [-0.2, -0.15) is 0 Å². The van der Waals surface area contributed by atoms with Crippen LogP contribution in [0.4, 0.5) is 4.79 Å². The van der Waals surface area contributed by atoms with Crippen LogP contribution in [-0.4, -0.2) is 37.1 Å². The van der Waals surface area contributed by atoms with Crippen LogP contribution in [0.1, 0.15) is 13.8 Å². The number of hydrogen-bond donors (Lipinski definition) is 2. The van der Waals surface area contributed by atoms with Crippen LogP contribution in [0.25, 0.3) is 0 Å². The van der Waals surface area contributed by atoms with Gasteiger partial charge < -0.3 is 16.0 Å². The molecule has 1 aliphatic rings. The van der Waals surface area contributed by atoms with E-state index in [4.69, 9.17) is 5.73 Å². The highest BCUT2D eigenvalue weighted by atomic mass is 16.2. The van der Waals surface area contributed by atoms with E-state index in [1.165, 1.54) is 0 Å². The molecule has 0 bridgehead atoms. The van der Waals surface area contributed by atoms with E-state index in [1.54, 1.807) is 4.90 Å².